The molecule has 0 unspecified atom stereocenters. The predicted octanol–water partition coefficient (Wildman–Crippen LogP) is 3.43. The number of anilines is 1. The zero-order valence-corrected chi connectivity index (χ0v) is 13.1. The van der Waals surface area contributed by atoms with Gasteiger partial charge in [0.2, 0.25) is 0 Å². The summed E-state index contributed by atoms with van der Waals surface area (Å²) in [5.41, 5.74) is 6.76. The SMILES string of the molecule is CSc1sc(C(=N)N)cc1C(=O)Nc1ccccc1.Cl. The van der Waals surface area contributed by atoms with Crippen molar-refractivity contribution in [2.24, 2.45) is 5.73 Å². The summed E-state index contributed by atoms with van der Waals surface area (Å²) >= 11 is 2.84. The monoisotopic (exact) mass is 327 g/mol. The Labute approximate surface area is 131 Å². The number of para-hydroxylation sites is 1. The van der Waals surface area contributed by atoms with Crippen molar-refractivity contribution >= 4 is 52.9 Å². The Hall–Kier alpha value is -1.50. The minimum absolute atomic E-state index is 0. The number of thioether (sulfide) groups is 1. The molecule has 0 atom stereocenters. The Bertz CT molecular complexity index is 613. The standard InChI is InChI=1S/C13H13N3OS2.ClH/c1-18-13-9(7-10(19-13)11(14)15)12(17)16-8-5-3-2-4-6-8;/h2-7H,1H3,(H3,14,15)(H,16,17);1H. The maximum atomic E-state index is 12.2. The number of carbonyl (C=O) groups is 1. The first-order chi connectivity index (χ1) is 9.11. The largest absolute Gasteiger partial charge is 0.383 e. The third-order valence-electron chi connectivity index (χ3n) is 2.43. The number of amides is 1. The fourth-order valence-electron chi connectivity index (χ4n) is 1.54. The normalized spacial score (nSPS) is 9.65. The molecule has 1 aromatic carbocycles. The van der Waals surface area contributed by atoms with E-state index in [2.05, 4.69) is 5.32 Å². The molecule has 7 heteroatoms. The highest BCUT2D eigenvalue weighted by Gasteiger charge is 2.16. The van der Waals surface area contributed by atoms with E-state index >= 15 is 0 Å². The minimum Gasteiger partial charge on any atom is -0.383 e. The third-order valence-corrected chi connectivity index (χ3v) is 4.73. The average molecular weight is 328 g/mol. The number of nitrogens with one attached hydrogen (secondary N) is 2. The Morgan fingerprint density at radius 3 is 2.55 bits per heavy atom. The second kappa shape index (κ2) is 7.33. The lowest BCUT2D eigenvalue weighted by molar-refractivity contribution is 0.102. The van der Waals surface area contributed by atoms with Crippen molar-refractivity contribution in [3.63, 3.8) is 0 Å². The van der Waals surface area contributed by atoms with Gasteiger partial charge in [-0.05, 0) is 24.5 Å². The molecule has 0 fully saturated rings. The van der Waals surface area contributed by atoms with Gasteiger partial charge < -0.3 is 11.1 Å². The second-order valence-corrected chi connectivity index (χ2v) is 5.88. The lowest BCUT2D eigenvalue weighted by Crippen LogP contribution is -2.12. The molecule has 0 spiro atoms. The molecule has 0 aliphatic heterocycles. The van der Waals surface area contributed by atoms with Crippen LogP contribution in [0.15, 0.2) is 40.6 Å². The summed E-state index contributed by atoms with van der Waals surface area (Å²) in [6.45, 7) is 0. The van der Waals surface area contributed by atoms with Crippen molar-refractivity contribution in [2.45, 2.75) is 4.21 Å². The van der Waals surface area contributed by atoms with Gasteiger partial charge in [0.15, 0.2) is 0 Å². The molecule has 106 valence electrons. The van der Waals surface area contributed by atoms with Crippen LogP contribution in [-0.2, 0) is 0 Å². The van der Waals surface area contributed by atoms with Crippen molar-refractivity contribution in [2.75, 3.05) is 11.6 Å². The molecule has 1 aromatic heterocycles. The lowest BCUT2D eigenvalue weighted by atomic mass is 10.2. The maximum Gasteiger partial charge on any atom is 0.257 e. The van der Waals surface area contributed by atoms with Crippen molar-refractivity contribution in [1.82, 2.24) is 0 Å². The van der Waals surface area contributed by atoms with Crippen LogP contribution in [0.5, 0.6) is 0 Å². The van der Waals surface area contributed by atoms with Gasteiger partial charge in [0, 0.05) is 5.69 Å². The van der Waals surface area contributed by atoms with Gasteiger partial charge >= 0.3 is 0 Å². The van der Waals surface area contributed by atoms with Gasteiger partial charge in [0.05, 0.1) is 14.6 Å². The van der Waals surface area contributed by atoms with Crippen LogP contribution < -0.4 is 11.1 Å². The van der Waals surface area contributed by atoms with E-state index in [1.165, 1.54) is 23.1 Å². The van der Waals surface area contributed by atoms with Gasteiger partial charge in [-0.15, -0.1) is 35.5 Å². The molecule has 0 saturated heterocycles. The van der Waals surface area contributed by atoms with Crippen LogP contribution in [0.2, 0.25) is 0 Å². The third kappa shape index (κ3) is 3.75. The summed E-state index contributed by atoms with van der Waals surface area (Å²) in [7, 11) is 0. The van der Waals surface area contributed by atoms with E-state index in [0.29, 0.717) is 10.4 Å². The number of nitrogens with two attached hydrogens (primary N) is 1. The Morgan fingerprint density at radius 1 is 1.35 bits per heavy atom. The molecule has 0 saturated carbocycles. The number of benzene rings is 1. The van der Waals surface area contributed by atoms with E-state index in [1.54, 1.807) is 6.07 Å². The summed E-state index contributed by atoms with van der Waals surface area (Å²) in [6.07, 6.45) is 1.90. The fraction of sp³-hybridized carbons (Fsp3) is 0.0769. The molecule has 4 nitrogen and oxygen atoms in total. The predicted molar refractivity (Wildman–Crippen MR) is 88.8 cm³/mol. The van der Waals surface area contributed by atoms with Crippen LogP contribution in [0, 0.1) is 5.41 Å². The van der Waals surface area contributed by atoms with Gasteiger partial charge in [-0.2, -0.15) is 0 Å². The van der Waals surface area contributed by atoms with Crippen molar-refractivity contribution < 1.29 is 4.79 Å². The Morgan fingerprint density at radius 2 is 2.00 bits per heavy atom. The molecule has 0 aliphatic rings. The number of carbonyl (C=O) groups excluding carboxylic acids is 1. The van der Waals surface area contributed by atoms with Gasteiger partial charge in [0.25, 0.3) is 5.91 Å². The molecule has 20 heavy (non-hydrogen) atoms. The zero-order chi connectivity index (χ0) is 13.8. The van der Waals surface area contributed by atoms with Gasteiger partial charge in [-0.25, -0.2) is 0 Å². The van der Waals surface area contributed by atoms with Gasteiger partial charge in [-0.3, -0.25) is 10.2 Å². The minimum atomic E-state index is -0.181. The molecule has 2 aromatic rings. The van der Waals surface area contributed by atoms with Crippen LogP contribution >= 0.6 is 35.5 Å². The molecule has 1 heterocycles. The molecule has 0 radical (unpaired) electrons. The molecule has 2 rings (SSSR count). The lowest BCUT2D eigenvalue weighted by Gasteiger charge is -2.04. The smallest absolute Gasteiger partial charge is 0.257 e. The van der Waals surface area contributed by atoms with Crippen LogP contribution in [0.4, 0.5) is 5.69 Å². The summed E-state index contributed by atoms with van der Waals surface area (Å²) in [6, 6.07) is 10.9. The van der Waals surface area contributed by atoms with E-state index in [9.17, 15) is 4.79 Å². The van der Waals surface area contributed by atoms with Crippen molar-refractivity contribution in [1.29, 1.82) is 5.41 Å². The highest BCUT2D eigenvalue weighted by Crippen LogP contribution is 2.31. The summed E-state index contributed by atoms with van der Waals surface area (Å²) in [4.78, 5) is 12.8. The van der Waals surface area contributed by atoms with Gasteiger partial charge in [0.1, 0.15) is 5.84 Å². The van der Waals surface area contributed by atoms with Crippen molar-refractivity contribution in [3.05, 3.63) is 46.8 Å². The average Bonchev–Trinajstić information content (AvgIpc) is 2.84. The Kier molecular flexibility index (Phi) is 6.06. The number of thiophene rings is 1. The van der Waals surface area contributed by atoms with E-state index in [1.807, 2.05) is 36.6 Å². The number of nitrogen functional groups attached to an aromatic ring is 1. The number of hydrogen-bond acceptors (Lipinski definition) is 4. The number of halogens is 1. The highest BCUT2D eigenvalue weighted by molar-refractivity contribution is 8.00. The van der Waals surface area contributed by atoms with E-state index in [-0.39, 0.29) is 24.1 Å². The number of amidine groups is 1. The van der Waals surface area contributed by atoms with Crippen molar-refractivity contribution in [3.8, 4) is 0 Å². The van der Waals surface area contributed by atoms with Crippen LogP contribution in [0.1, 0.15) is 15.2 Å². The molecule has 4 N–H and O–H groups in total. The van der Waals surface area contributed by atoms with E-state index in [0.717, 1.165) is 9.90 Å². The second-order valence-electron chi connectivity index (χ2n) is 3.75. The van der Waals surface area contributed by atoms with Crippen LogP contribution in [-0.4, -0.2) is 18.0 Å². The first kappa shape index (κ1) is 16.6. The topological polar surface area (TPSA) is 79.0 Å². The summed E-state index contributed by atoms with van der Waals surface area (Å²) in [5.74, 6) is -0.196. The maximum absolute atomic E-state index is 12.2. The van der Waals surface area contributed by atoms with E-state index in [4.69, 9.17) is 11.1 Å². The highest BCUT2D eigenvalue weighted by atomic mass is 35.5. The van der Waals surface area contributed by atoms with Crippen LogP contribution in [0.25, 0.3) is 0 Å². The first-order valence-corrected chi connectivity index (χ1v) is 7.54. The first-order valence-electron chi connectivity index (χ1n) is 5.50. The quantitative estimate of drug-likeness (QED) is 0.457. The van der Waals surface area contributed by atoms with Gasteiger partial charge in [-0.1, -0.05) is 18.2 Å². The molecule has 0 aliphatic carbocycles. The zero-order valence-electron chi connectivity index (χ0n) is 10.7. The fourth-order valence-corrected chi connectivity index (χ4v) is 3.26. The molecular weight excluding hydrogens is 314 g/mol. The number of hydrogen-bond donors (Lipinski definition) is 3. The van der Waals surface area contributed by atoms with Crippen LogP contribution in [0.3, 0.4) is 0 Å². The molecule has 0 bridgehead atoms. The summed E-state index contributed by atoms with van der Waals surface area (Å²) < 4.78 is 0.860. The molecular formula is C13H14ClN3OS2. The van der Waals surface area contributed by atoms with E-state index < -0.39 is 0 Å². The number of rotatable bonds is 4. The summed E-state index contributed by atoms with van der Waals surface area (Å²) in [5, 5.41) is 10.3. The molecule has 1 amide bonds. The Balaban J connectivity index is 0.00000200.